The number of hydrogen-bond acceptors (Lipinski definition) is 10. The zero-order valence-electron chi connectivity index (χ0n) is 21.6. The van der Waals surface area contributed by atoms with Gasteiger partial charge in [-0.05, 0) is 43.2 Å². The summed E-state index contributed by atoms with van der Waals surface area (Å²) in [6, 6.07) is 9.03. The number of sulfonamides is 1. The number of benzene rings is 2. The molecule has 0 aliphatic rings. The highest BCUT2D eigenvalue weighted by Gasteiger charge is 2.53. The monoisotopic (exact) mass is 642 g/mol. The minimum absolute atomic E-state index is 0.117. The third-order valence-electron chi connectivity index (χ3n) is 5.36. The second-order valence-electron chi connectivity index (χ2n) is 8.22. The lowest BCUT2D eigenvalue weighted by Crippen LogP contribution is -2.39. The standard InChI is InChI=1S/C23H20F6N4O7S2/c1-4-14-10-16(11-17(20(34)39-3)18(14)40-42(37,38)23(27,28)29)33(41(35,36)22(24,25)26)21-30-12-13(2)19(32-21)31-15-8-6-5-7-9-15/h5-12H,4H2,1-3H3,(H,30,31,32). The summed E-state index contributed by atoms with van der Waals surface area (Å²) in [6.07, 6.45) is 0.553. The quantitative estimate of drug-likeness (QED) is 0.145. The van der Waals surface area contributed by atoms with Crippen LogP contribution in [0.25, 0.3) is 0 Å². The number of aryl methyl sites for hydroxylation is 2. The van der Waals surface area contributed by atoms with Gasteiger partial charge in [0.1, 0.15) is 11.4 Å². The average molecular weight is 643 g/mol. The Morgan fingerprint density at radius 2 is 1.62 bits per heavy atom. The Morgan fingerprint density at radius 1 is 1.00 bits per heavy atom. The summed E-state index contributed by atoms with van der Waals surface area (Å²) in [5.74, 6) is -3.98. The molecule has 0 saturated heterocycles. The average Bonchev–Trinajstić information content (AvgIpc) is 2.89. The van der Waals surface area contributed by atoms with E-state index >= 15 is 0 Å². The van der Waals surface area contributed by atoms with Crippen LogP contribution in [0, 0.1) is 6.92 Å². The number of anilines is 4. The molecule has 0 bridgehead atoms. The molecular formula is C23H20F6N4O7S2. The van der Waals surface area contributed by atoms with E-state index < -0.39 is 76.4 Å². The molecule has 0 spiro atoms. The topological polar surface area (TPSA) is 145 Å². The van der Waals surface area contributed by atoms with Gasteiger partial charge in [-0.2, -0.15) is 52.5 Å². The van der Waals surface area contributed by atoms with Crippen molar-refractivity contribution < 1.29 is 56.9 Å². The van der Waals surface area contributed by atoms with Crippen LogP contribution >= 0.6 is 0 Å². The second-order valence-corrected chi connectivity index (χ2v) is 11.5. The Morgan fingerprint density at radius 3 is 2.14 bits per heavy atom. The van der Waals surface area contributed by atoms with E-state index in [4.69, 9.17) is 0 Å². The van der Waals surface area contributed by atoms with Crippen molar-refractivity contribution in [3.63, 3.8) is 0 Å². The lowest BCUT2D eigenvalue weighted by atomic mass is 10.1. The van der Waals surface area contributed by atoms with Crippen molar-refractivity contribution in [3.8, 4) is 5.75 Å². The Bertz CT molecular complexity index is 1700. The van der Waals surface area contributed by atoms with Crippen LogP contribution in [0.4, 0.5) is 49.5 Å². The summed E-state index contributed by atoms with van der Waals surface area (Å²) in [4.78, 5) is 20.1. The maximum absolute atomic E-state index is 13.9. The smallest absolute Gasteiger partial charge is 0.465 e. The van der Waals surface area contributed by atoms with Gasteiger partial charge in [0.15, 0.2) is 5.75 Å². The third-order valence-corrected chi connectivity index (χ3v) is 7.75. The largest absolute Gasteiger partial charge is 0.534 e. The molecule has 0 amide bonds. The molecule has 1 N–H and O–H groups in total. The summed E-state index contributed by atoms with van der Waals surface area (Å²) < 4.78 is 138. The molecule has 3 rings (SSSR count). The SMILES string of the molecule is CCc1cc(N(c2ncc(C)c(Nc3ccccc3)n2)S(=O)(=O)C(F)(F)F)cc(C(=O)OC)c1OS(=O)(=O)C(F)(F)F. The van der Waals surface area contributed by atoms with E-state index in [9.17, 15) is 48.0 Å². The first-order valence-electron chi connectivity index (χ1n) is 11.4. The third kappa shape index (κ3) is 6.51. The van der Waals surface area contributed by atoms with Gasteiger partial charge in [-0.25, -0.2) is 9.78 Å². The molecule has 2 aromatic carbocycles. The van der Waals surface area contributed by atoms with Crippen molar-refractivity contribution in [2.75, 3.05) is 16.7 Å². The van der Waals surface area contributed by atoms with Crippen LogP contribution < -0.4 is 13.8 Å². The number of methoxy groups -OCH3 is 1. The van der Waals surface area contributed by atoms with Gasteiger partial charge in [0.2, 0.25) is 5.95 Å². The van der Waals surface area contributed by atoms with Gasteiger partial charge in [0.05, 0.1) is 12.8 Å². The fourth-order valence-electron chi connectivity index (χ4n) is 3.35. The first kappa shape index (κ1) is 32.4. The number of para-hydroxylation sites is 1. The molecule has 0 radical (unpaired) electrons. The van der Waals surface area contributed by atoms with E-state index in [1.54, 1.807) is 30.3 Å². The lowest BCUT2D eigenvalue weighted by Gasteiger charge is -2.26. The van der Waals surface area contributed by atoms with Crippen LogP contribution in [0.2, 0.25) is 0 Å². The van der Waals surface area contributed by atoms with E-state index in [1.807, 2.05) is 0 Å². The molecule has 0 fully saturated rings. The number of esters is 1. The first-order valence-corrected chi connectivity index (χ1v) is 14.2. The van der Waals surface area contributed by atoms with Crippen LogP contribution in [0.5, 0.6) is 5.75 Å². The molecule has 0 unspecified atom stereocenters. The summed E-state index contributed by atoms with van der Waals surface area (Å²) in [6.45, 7) is 2.69. The summed E-state index contributed by atoms with van der Waals surface area (Å²) >= 11 is 0. The zero-order chi connectivity index (χ0) is 31.7. The predicted molar refractivity (Wildman–Crippen MR) is 136 cm³/mol. The number of nitrogens with zero attached hydrogens (tertiary/aromatic N) is 3. The van der Waals surface area contributed by atoms with Crippen molar-refractivity contribution in [2.24, 2.45) is 0 Å². The van der Waals surface area contributed by atoms with Crippen LogP contribution in [-0.4, -0.2) is 50.9 Å². The Hall–Kier alpha value is -4.13. The second kappa shape index (κ2) is 11.6. The number of carbonyl (C=O) groups excluding carboxylic acids is 1. The van der Waals surface area contributed by atoms with E-state index in [1.165, 1.54) is 13.8 Å². The van der Waals surface area contributed by atoms with Gasteiger partial charge in [-0.3, -0.25) is 0 Å². The number of rotatable bonds is 9. The molecule has 1 heterocycles. The Labute approximate surface area is 235 Å². The lowest BCUT2D eigenvalue weighted by molar-refractivity contribution is -0.0501. The van der Waals surface area contributed by atoms with Gasteiger partial charge in [0, 0.05) is 17.4 Å². The summed E-state index contributed by atoms with van der Waals surface area (Å²) in [5.41, 5.74) is -13.9. The van der Waals surface area contributed by atoms with Crippen LogP contribution in [-0.2, 0) is 31.3 Å². The highest BCUT2D eigenvalue weighted by molar-refractivity contribution is 7.94. The number of carbonyl (C=O) groups is 1. The van der Waals surface area contributed by atoms with Crippen LogP contribution in [0.1, 0.15) is 28.4 Å². The Balaban J connectivity index is 2.34. The molecule has 0 aliphatic carbocycles. The number of hydrogen-bond donors (Lipinski definition) is 1. The molecule has 3 aromatic rings. The molecule has 42 heavy (non-hydrogen) atoms. The molecule has 0 saturated carbocycles. The van der Waals surface area contributed by atoms with Gasteiger partial charge in [-0.15, -0.1) is 0 Å². The molecule has 1 aromatic heterocycles. The Kier molecular flexibility index (Phi) is 8.97. The number of ether oxygens (including phenoxy) is 1. The normalized spacial score (nSPS) is 12.5. The molecule has 228 valence electrons. The predicted octanol–water partition coefficient (Wildman–Crippen LogP) is 5.09. The number of halogens is 6. The minimum atomic E-state index is -6.40. The van der Waals surface area contributed by atoms with Crippen molar-refractivity contribution in [1.29, 1.82) is 0 Å². The number of alkyl halides is 6. The van der Waals surface area contributed by atoms with Gasteiger partial charge < -0.3 is 14.2 Å². The van der Waals surface area contributed by atoms with E-state index in [2.05, 4.69) is 24.2 Å². The molecule has 11 nitrogen and oxygen atoms in total. The van der Waals surface area contributed by atoms with Crippen molar-refractivity contribution in [3.05, 3.63) is 65.4 Å². The number of nitrogens with one attached hydrogen (secondary N) is 1. The van der Waals surface area contributed by atoms with Crippen molar-refractivity contribution in [2.45, 2.75) is 31.3 Å². The van der Waals surface area contributed by atoms with Crippen LogP contribution in [0.3, 0.4) is 0 Å². The van der Waals surface area contributed by atoms with Crippen LogP contribution in [0.15, 0.2) is 48.7 Å². The molecule has 19 heteroatoms. The fraction of sp³-hybridized carbons (Fsp3) is 0.261. The van der Waals surface area contributed by atoms with Gasteiger partial charge in [-0.1, -0.05) is 25.1 Å². The maximum Gasteiger partial charge on any atom is 0.534 e. The molecular weight excluding hydrogens is 622 g/mol. The minimum Gasteiger partial charge on any atom is -0.465 e. The molecule has 0 atom stereocenters. The van der Waals surface area contributed by atoms with Crippen molar-refractivity contribution >= 4 is 49.3 Å². The van der Waals surface area contributed by atoms with Gasteiger partial charge >= 0.3 is 37.1 Å². The maximum atomic E-state index is 13.9. The molecule has 0 aliphatic heterocycles. The highest BCUT2D eigenvalue weighted by Crippen LogP contribution is 2.41. The summed E-state index contributed by atoms with van der Waals surface area (Å²) in [7, 11) is -12.0. The zero-order valence-corrected chi connectivity index (χ0v) is 23.2. The first-order chi connectivity index (χ1) is 19.3. The van der Waals surface area contributed by atoms with Crippen molar-refractivity contribution in [1.82, 2.24) is 9.97 Å². The fourth-order valence-corrected chi connectivity index (χ4v) is 4.75. The van der Waals surface area contributed by atoms with Gasteiger partial charge in [0.25, 0.3) is 0 Å². The van der Waals surface area contributed by atoms with E-state index in [0.29, 0.717) is 17.8 Å². The van der Waals surface area contributed by atoms with E-state index in [-0.39, 0.29) is 11.4 Å². The summed E-state index contributed by atoms with van der Waals surface area (Å²) in [5, 5.41) is 2.80. The highest BCUT2D eigenvalue weighted by atomic mass is 32.2. The number of aromatic nitrogens is 2. The van der Waals surface area contributed by atoms with E-state index in [0.717, 1.165) is 13.3 Å².